The van der Waals surface area contributed by atoms with Crippen molar-refractivity contribution >= 4 is 53.8 Å². The van der Waals surface area contributed by atoms with Crippen molar-refractivity contribution in [3.05, 3.63) is 46.5 Å². The van der Waals surface area contributed by atoms with Crippen LogP contribution >= 0.6 is 24.2 Å². The van der Waals surface area contributed by atoms with Crippen molar-refractivity contribution < 1.29 is 43.2 Å². The first-order valence-corrected chi connectivity index (χ1v) is 17.8. The third-order valence-corrected chi connectivity index (χ3v) is 11.2. The SMILES string of the molecule is COc1cc2cc(c1Cl)N(C)C(=O)C[C@@H](OC(=O)[C@H](C)N(C)C(=O)CCS)[C@]1(C)CC1[C@H](C)[C@@H]1C[C@@](O)(NC(=O)O1)[C@H](OC)/C=C\C=C(/C)C2. The van der Waals surface area contributed by atoms with Gasteiger partial charge in [0.15, 0.2) is 5.72 Å². The summed E-state index contributed by atoms with van der Waals surface area (Å²) in [6.45, 7) is 7.37. The van der Waals surface area contributed by atoms with E-state index >= 15 is 0 Å². The zero-order valence-corrected chi connectivity index (χ0v) is 31.7. The molecule has 0 spiro atoms. The lowest BCUT2D eigenvalue weighted by atomic mass is 9.83. The number of rotatable bonds is 7. The highest BCUT2D eigenvalue weighted by Gasteiger charge is 2.62. The Balaban J connectivity index is 1.78. The van der Waals surface area contributed by atoms with Crippen molar-refractivity contribution in [2.24, 2.45) is 17.3 Å². The summed E-state index contributed by atoms with van der Waals surface area (Å²) in [4.78, 5) is 55.9. The summed E-state index contributed by atoms with van der Waals surface area (Å²) in [5, 5.41) is 14.5. The molecule has 4 rings (SSSR count). The Morgan fingerprint density at radius 2 is 1.96 bits per heavy atom. The van der Waals surface area contributed by atoms with Crippen molar-refractivity contribution in [1.82, 2.24) is 10.2 Å². The number of fused-ring (bicyclic) bond motifs is 5. The van der Waals surface area contributed by atoms with E-state index in [4.69, 9.17) is 30.5 Å². The van der Waals surface area contributed by atoms with E-state index in [1.165, 1.54) is 31.1 Å². The minimum Gasteiger partial charge on any atom is -0.495 e. The lowest BCUT2D eigenvalue weighted by Gasteiger charge is -2.42. The van der Waals surface area contributed by atoms with E-state index in [0.717, 1.165) is 11.1 Å². The average molecular weight is 736 g/mol. The number of ether oxygens (including phenoxy) is 4. The lowest BCUT2D eigenvalue weighted by molar-refractivity contribution is -0.163. The number of alkyl carbamates (subject to hydrolysis) is 1. The number of allylic oxidation sites excluding steroid dienone is 3. The minimum absolute atomic E-state index is 0.0311. The highest BCUT2D eigenvalue weighted by molar-refractivity contribution is 7.80. The molecule has 2 fully saturated rings. The van der Waals surface area contributed by atoms with E-state index in [1.807, 2.05) is 32.9 Å². The number of nitrogens with zero attached hydrogens (tertiary/aromatic N) is 2. The first-order chi connectivity index (χ1) is 23.5. The highest BCUT2D eigenvalue weighted by Crippen LogP contribution is 2.61. The standard InChI is InChI=1S/C36H50ClN3O9S/c1-20-10-9-11-28(47-8)36(45)19-27(48-34(44)38-36)21(2)24-18-35(24,4)29(49-33(43)22(3)39(5)30(41)12-13-50)17-31(42)40(6)25-15-23(14-20)16-26(46-7)32(25)37/h9-11,15-16,21-22,24,27-29,45,50H,12-14,17-19H2,1-8H3,(H,38,44)/b11-9-,20-10+/t21-,22-,24?,27-,28+,29+,35+,36-/m0/s1. The van der Waals surface area contributed by atoms with Crippen LogP contribution in [0.25, 0.3) is 0 Å². The number of carbonyl (C=O) groups excluding carboxylic acids is 4. The molecule has 12 nitrogen and oxygen atoms in total. The number of thiol groups is 1. The summed E-state index contributed by atoms with van der Waals surface area (Å²) < 4.78 is 23.1. The monoisotopic (exact) mass is 735 g/mol. The number of amides is 3. The molecular weight excluding hydrogens is 686 g/mol. The van der Waals surface area contributed by atoms with Gasteiger partial charge < -0.3 is 33.9 Å². The summed E-state index contributed by atoms with van der Waals surface area (Å²) in [5.41, 5.74) is -0.265. The molecule has 3 amide bonds. The number of nitrogens with one attached hydrogen (secondary N) is 1. The molecule has 1 aromatic rings. The van der Waals surface area contributed by atoms with Crippen molar-refractivity contribution in [3.63, 3.8) is 0 Å². The maximum Gasteiger partial charge on any atom is 0.409 e. The Morgan fingerprint density at radius 3 is 2.60 bits per heavy atom. The summed E-state index contributed by atoms with van der Waals surface area (Å²) in [6.07, 6.45) is 3.06. The minimum atomic E-state index is -1.77. The van der Waals surface area contributed by atoms with Crippen LogP contribution < -0.4 is 15.0 Å². The predicted octanol–water partition coefficient (Wildman–Crippen LogP) is 4.70. The van der Waals surface area contributed by atoms with Crippen molar-refractivity contribution in [3.8, 4) is 5.75 Å². The van der Waals surface area contributed by atoms with E-state index in [1.54, 1.807) is 32.2 Å². The topological polar surface area (TPSA) is 144 Å². The Hall–Kier alpha value is -3.26. The van der Waals surface area contributed by atoms with E-state index < -0.39 is 47.6 Å². The molecule has 1 saturated carbocycles. The van der Waals surface area contributed by atoms with E-state index in [-0.39, 0.29) is 47.9 Å². The van der Waals surface area contributed by atoms with Gasteiger partial charge in [-0.05, 0) is 62.0 Å². The quantitative estimate of drug-likeness (QED) is 0.268. The molecule has 1 aromatic carbocycles. The van der Waals surface area contributed by atoms with Crippen molar-refractivity contribution in [1.29, 1.82) is 0 Å². The average Bonchev–Trinajstić information content (AvgIpc) is 3.76. The molecule has 0 radical (unpaired) electrons. The fourth-order valence-corrected chi connectivity index (χ4v) is 7.55. The molecule has 1 unspecified atom stereocenters. The number of aliphatic hydroxyl groups is 1. The van der Waals surface area contributed by atoms with E-state index in [2.05, 4.69) is 17.9 Å². The van der Waals surface area contributed by atoms with Gasteiger partial charge in [0.25, 0.3) is 0 Å². The number of hydrogen-bond acceptors (Lipinski definition) is 10. The van der Waals surface area contributed by atoms with Crippen LogP contribution in [0.3, 0.4) is 0 Å². The van der Waals surface area contributed by atoms with Crippen LogP contribution in [0.5, 0.6) is 5.75 Å². The first kappa shape index (κ1) is 39.5. The third-order valence-electron chi connectivity index (χ3n) is 10.6. The molecule has 276 valence electrons. The van der Waals surface area contributed by atoms with Gasteiger partial charge in [0, 0.05) is 39.5 Å². The smallest absolute Gasteiger partial charge is 0.409 e. The van der Waals surface area contributed by atoms with Gasteiger partial charge in [0.05, 0.1) is 19.2 Å². The summed E-state index contributed by atoms with van der Waals surface area (Å²) in [5.74, 6) is -1.00. The molecule has 1 aliphatic carbocycles. The summed E-state index contributed by atoms with van der Waals surface area (Å²) >= 11 is 10.9. The van der Waals surface area contributed by atoms with Crippen LogP contribution in [0.4, 0.5) is 10.5 Å². The number of methoxy groups -OCH3 is 2. The number of benzene rings is 1. The summed E-state index contributed by atoms with van der Waals surface area (Å²) in [7, 11) is 6.10. The zero-order valence-electron chi connectivity index (χ0n) is 30.0. The maximum atomic E-state index is 14.1. The van der Waals surface area contributed by atoms with E-state index in [9.17, 15) is 24.3 Å². The fourth-order valence-electron chi connectivity index (χ4n) is 7.05. The molecular formula is C36H50ClN3O9S. The third kappa shape index (κ3) is 8.43. The number of esters is 1. The van der Waals surface area contributed by atoms with Crippen LogP contribution in [0.1, 0.15) is 58.9 Å². The molecule has 2 heterocycles. The molecule has 4 bridgehead atoms. The summed E-state index contributed by atoms with van der Waals surface area (Å²) in [6, 6.07) is 2.71. The Bertz CT molecular complexity index is 1540. The molecule has 2 N–H and O–H groups in total. The second kappa shape index (κ2) is 16.0. The molecule has 2 aliphatic heterocycles. The molecule has 50 heavy (non-hydrogen) atoms. The van der Waals surface area contributed by atoms with Gasteiger partial charge in [0.1, 0.15) is 35.1 Å². The fraction of sp³-hybridized carbons (Fsp3) is 0.611. The second-order valence-electron chi connectivity index (χ2n) is 14.0. The van der Waals surface area contributed by atoms with Gasteiger partial charge in [-0.1, -0.05) is 49.2 Å². The predicted molar refractivity (Wildman–Crippen MR) is 192 cm³/mol. The van der Waals surface area contributed by atoms with Crippen LogP contribution in [-0.2, 0) is 35.0 Å². The van der Waals surface area contributed by atoms with Gasteiger partial charge in [-0.15, -0.1) is 0 Å². The molecule has 0 aromatic heterocycles. The maximum absolute atomic E-state index is 14.1. The molecule has 14 heteroatoms. The van der Waals surface area contributed by atoms with Gasteiger partial charge in [-0.3, -0.25) is 14.9 Å². The number of halogens is 1. The first-order valence-electron chi connectivity index (χ1n) is 16.8. The van der Waals surface area contributed by atoms with Crippen LogP contribution in [0.15, 0.2) is 35.9 Å². The number of hydrogen-bond donors (Lipinski definition) is 3. The Kier molecular flexibility index (Phi) is 12.6. The Labute approximate surface area is 304 Å². The van der Waals surface area contributed by atoms with Gasteiger partial charge in [-0.2, -0.15) is 12.6 Å². The van der Waals surface area contributed by atoms with Crippen LogP contribution in [0, 0.1) is 17.3 Å². The van der Waals surface area contributed by atoms with Gasteiger partial charge in [-0.25, -0.2) is 9.59 Å². The largest absolute Gasteiger partial charge is 0.495 e. The molecule has 1 saturated heterocycles. The number of carbonyl (C=O) groups is 4. The highest BCUT2D eigenvalue weighted by atomic mass is 35.5. The number of anilines is 1. The Morgan fingerprint density at radius 1 is 1.26 bits per heavy atom. The van der Waals surface area contributed by atoms with Crippen LogP contribution in [0.2, 0.25) is 5.02 Å². The molecule has 8 atom stereocenters. The second-order valence-corrected chi connectivity index (χ2v) is 14.8. The van der Waals surface area contributed by atoms with Gasteiger partial charge >= 0.3 is 12.1 Å². The van der Waals surface area contributed by atoms with E-state index in [0.29, 0.717) is 30.0 Å². The lowest BCUT2D eigenvalue weighted by Crippen LogP contribution is -2.63. The van der Waals surface area contributed by atoms with Crippen molar-refractivity contribution in [2.45, 2.75) is 89.9 Å². The van der Waals surface area contributed by atoms with Gasteiger partial charge in [0.2, 0.25) is 11.8 Å². The number of likely N-dealkylation sites (N-methyl/N-ethyl adjacent to an activating group) is 1. The zero-order chi connectivity index (χ0) is 37.1. The molecule has 3 aliphatic rings. The van der Waals surface area contributed by atoms with Crippen molar-refractivity contribution in [2.75, 3.05) is 39.0 Å². The van der Waals surface area contributed by atoms with Crippen LogP contribution in [-0.4, -0.2) is 98.0 Å². The normalized spacial score (nSPS) is 32.3.